The second-order valence-corrected chi connectivity index (χ2v) is 5.77. The number of amides is 1. The topological polar surface area (TPSA) is 55.4 Å². The maximum atomic E-state index is 11.8. The molecule has 4 nitrogen and oxygen atoms in total. The van der Waals surface area contributed by atoms with Crippen molar-refractivity contribution in [1.29, 1.82) is 0 Å². The molecule has 0 spiro atoms. The monoisotopic (exact) mass is 381 g/mol. The Balaban J connectivity index is 1.79. The van der Waals surface area contributed by atoms with Crippen molar-refractivity contribution in [2.24, 2.45) is 0 Å². The van der Waals surface area contributed by atoms with Crippen LogP contribution in [0.25, 0.3) is 0 Å². The van der Waals surface area contributed by atoms with E-state index in [4.69, 9.17) is 16.3 Å². The van der Waals surface area contributed by atoms with E-state index >= 15 is 0 Å². The number of carbonyl (C=O) groups is 2. The molecule has 2 rings (SSSR count). The summed E-state index contributed by atoms with van der Waals surface area (Å²) in [4.78, 5) is 23.4. The Morgan fingerprint density at radius 2 is 1.77 bits per heavy atom. The van der Waals surface area contributed by atoms with E-state index in [0.717, 1.165) is 10.0 Å². The first-order valence-electron chi connectivity index (χ1n) is 6.49. The molecule has 0 saturated heterocycles. The largest absolute Gasteiger partial charge is 0.452 e. The van der Waals surface area contributed by atoms with Gasteiger partial charge in [-0.2, -0.15) is 0 Å². The molecule has 0 aromatic heterocycles. The van der Waals surface area contributed by atoms with Crippen molar-refractivity contribution in [2.75, 3.05) is 6.61 Å². The summed E-state index contributed by atoms with van der Waals surface area (Å²) in [5, 5.41) is 3.23. The van der Waals surface area contributed by atoms with Gasteiger partial charge >= 0.3 is 5.97 Å². The highest BCUT2D eigenvalue weighted by atomic mass is 79.9. The number of carbonyl (C=O) groups excluding carboxylic acids is 2. The summed E-state index contributed by atoms with van der Waals surface area (Å²) < 4.78 is 5.81. The van der Waals surface area contributed by atoms with Gasteiger partial charge in [0.1, 0.15) is 0 Å². The van der Waals surface area contributed by atoms with Crippen LogP contribution < -0.4 is 5.32 Å². The summed E-state index contributed by atoms with van der Waals surface area (Å²) in [6.45, 7) is -0.0479. The summed E-state index contributed by atoms with van der Waals surface area (Å²) in [7, 11) is 0. The van der Waals surface area contributed by atoms with Crippen LogP contribution in [0.15, 0.2) is 53.0 Å². The third-order valence-corrected chi connectivity index (χ3v) is 3.75. The van der Waals surface area contributed by atoms with E-state index in [-0.39, 0.29) is 19.1 Å². The fourth-order valence-electron chi connectivity index (χ4n) is 1.69. The van der Waals surface area contributed by atoms with Crippen molar-refractivity contribution in [2.45, 2.75) is 6.54 Å². The lowest BCUT2D eigenvalue weighted by atomic mass is 10.2. The van der Waals surface area contributed by atoms with Crippen molar-refractivity contribution < 1.29 is 14.3 Å². The van der Waals surface area contributed by atoms with Gasteiger partial charge in [0.25, 0.3) is 5.91 Å². The molecule has 0 radical (unpaired) electrons. The number of benzene rings is 2. The first-order valence-corrected chi connectivity index (χ1v) is 7.66. The lowest BCUT2D eigenvalue weighted by Gasteiger charge is -2.08. The minimum atomic E-state index is -0.541. The second-order valence-electron chi connectivity index (χ2n) is 4.45. The van der Waals surface area contributed by atoms with Crippen molar-refractivity contribution in [3.8, 4) is 0 Å². The van der Waals surface area contributed by atoms with Gasteiger partial charge in [-0.3, -0.25) is 4.79 Å². The molecule has 0 aliphatic heterocycles. The van der Waals surface area contributed by atoms with E-state index in [9.17, 15) is 9.59 Å². The van der Waals surface area contributed by atoms with Crippen LogP contribution in [0.5, 0.6) is 0 Å². The molecule has 0 fully saturated rings. The normalized spacial score (nSPS) is 10.1. The molecule has 0 atom stereocenters. The predicted octanol–water partition coefficient (Wildman–Crippen LogP) is 3.58. The Morgan fingerprint density at radius 1 is 1.09 bits per heavy atom. The second kappa shape index (κ2) is 7.96. The van der Waals surface area contributed by atoms with Gasteiger partial charge in [-0.25, -0.2) is 4.79 Å². The summed E-state index contributed by atoms with van der Waals surface area (Å²) in [6, 6.07) is 13.9. The van der Waals surface area contributed by atoms with Crippen molar-refractivity contribution in [3.05, 3.63) is 69.2 Å². The quantitative estimate of drug-likeness (QED) is 0.804. The standard InChI is InChI=1S/C16H13BrClNO3/c17-13-7-5-11(6-8-13)16(21)22-10-15(20)19-9-12-3-1-2-4-14(12)18/h1-8H,9-10H2,(H,19,20). The van der Waals surface area contributed by atoms with Crippen LogP contribution in [-0.4, -0.2) is 18.5 Å². The van der Waals surface area contributed by atoms with Crippen LogP contribution in [0.2, 0.25) is 5.02 Å². The van der Waals surface area contributed by atoms with E-state index in [1.807, 2.05) is 18.2 Å². The van der Waals surface area contributed by atoms with Gasteiger partial charge in [0.15, 0.2) is 6.61 Å². The lowest BCUT2D eigenvalue weighted by Crippen LogP contribution is -2.28. The van der Waals surface area contributed by atoms with E-state index < -0.39 is 5.97 Å². The molecule has 0 unspecified atom stereocenters. The van der Waals surface area contributed by atoms with Crippen molar-refractivity contribution in [1.82, 2.24) is 5.32 Å². The van der Waals surface area contributed by atoms with Gasteiger partial charge in [0.2, 0.25) is 0 Å². The van der Waals surface area contributed by atoms with E-state index in [1.165, 1.54) is 0 Å². The van der Waals surface area contributed by atoms with Crippen LogP contribution in [-0.2, 0) is 16.1 Å². The summed E-state index contributed by atoms with van der Waals surface area (Å²) in [6.07, 6.45) is 0. The zero-order valence-electron chi connectivity index (χ0n) is 11.5. The fraction of sp³-hybridized carbons (Fsp3) is 0.125. The average Bonchev–Trinajstić information content (AvgIpc) is 2.52. The highest BCUT2D eigenvalue weighted by Crippen LogP contribution is 2.14. The molecule has 6 heteroatoms. The number of esters is 1. The van der Waals surface area contributed by atoms with Gasteiger partial charge in [0.05, 0.1) is 5.56 Å². The Kier molecular flexibility index (Phi) is 5.98. The average molecular weight is 383 g/mol. The molecule has 1 N–H and O–H groups in total. The summed E-state index contributed by atoms with van der Waals surface area (Å²) >= 11 is 9.27. The first kappa shape index (κ1) is 16.5. The number of halogens is 2. The minimum Gasteiger partial charge on any atom is -0.452 e. The molecule has 0 aliphatic carbocycles. The molecule has 2 aromatic carbocycles. The lowest BCUT2D eigenvalue weighted by molar-refractivity contribution is -0.124. The third kappa shape index (κ3) is 4.86. The van der Waals surface area contributed by atoms with Gasteiger partial charge < -0.3 is 10.1 Å². The molecule has 2 aromatic rings. The van der Waals surface area contributed by atoms with Crippen LogP contribution >= 0.6 is 27.5 Å². The Bertz CT molecular complexity index is 673. The Labute approximate surface area is 141 Å². The minimum absolute atomic E-state index is 0.286. The molecule has 0 heterocycles. The number of hydrogen-bond donors (Lipinski definition) is 1. The molecular formula is C16H13BrClNO3. The fourth-order valence-corrected chi connectivity index (χ4v) is 2.15. The molecule has 0 bridgehead atoms. The highest BCUT2D eigenvalue weighted by molar-refractivity contribution is 9.10. The van der Waals surface area contributed by atoms with Crippen molar-refractivity contribution in [3.63, 3.8) is 0 Å². The first-order chi connectivity index (χ1) is 10.6. The zero-order chi connectivity index (χ0) is 15.9. The zero-order valence-corrected chi connectivity index (χ0v) is 13.9. The number of nitrogens with one attached hydrogen (secondary N) is 1. The molecule has 22 heavy (non-hydrogen) atoms. The Hall–Kier alpha value is -1.85. The number of rotatable bonds is 5. The molecule has 0 saturated carbocycles. The molecule has 1 amide bonds. The number of hydrogen-bond acceptors (Lipinski definition) is 3. The number of ether oxygens (including phenoxy) is 1. The van der Waals surface area contributed by atoms with Crippen LogP contribution in [0.3, 0.4) is 0 Å². The predicted molar refractivity (Wildman–Crippen MR) is 87.7 cm³/mol. The SMILES string of the molecule is O=C(COC(=O)c1ccc(Br)cc1)NCc1ccccc1Cl. The van der Waals surface area contributed by atoms with Crippen LogP contribution in [0, 0.1) is 0 Å². The van der Waals surface area contributed by atoms with E-state index in [0.29, 0.717) is 10.6 Å². The van der Waals surface area contributed by atoms with Gasteiger partial charge in [-0.05, 0) is 35.9 Å². The van der Waals surface area contributed by atoms with Crippen LogP contribution in [0.1, 0.15) is 15.9 Å². The van der Waals surface area contributed by atoms with Crippen LogP contribution in [0.4, 0.5) is 0 Å². The summed E-state index contributed by atoms with van der Waals surface area (Å²) in [5.41, 5.74) is 1.19. The third-order valence-electron chi connectivity index (χ3n) is 2.85. The molecule has 114 valence electrons. The maximum Gasteiger partial charge on any atom is 0.338 e. The van der Waals surface area contributed by atoms with Crippen molar-refractivity contribution >= 4 is 39.4 Å². The highest BCUT2D eigenvalue weighted by Gasteiger charge is 2.10. The van der Waals surface area contributed by atoms with Gasteiger partial charge in [-0.1, -0.05) is 45.7 Å². The maximum absolute atomic E-state index is 11.8. The van der Waals surface area contributed by atoms with Gasteiger partial charge in [0, 0.05) is 16.0 Å². The molecule has 0 aliphatic rings. The smallest absolute Gasteiger partial charge is 0.338 e. The van der Waals surface area contributed by atoms with E-state index in [2.05, 4.69) is 21.2 Å². The summed E-state index contributed by atoms with van der Waals surface area (Å²) in [5.74, 6) is -0.925. The van der Waals surface area contributed by atoms with Gasteiger partial charge in [-0.15, -0.1) is 0 Å². The Morgan fingerprint density at radius 3 is 2.45 bits per heavy atom. The molecular weight excluding hydrogens is 370 g/mol. The van der Waals surface area contributed by atoms with E-state index in [1.54, 1.807) is 30.3 Å².